The van der Waals surface area contributed by atoms with E-state index in [-0.39, 0.29) is 0 Å². The van der Waals surface area contributed by atoms with E-state index in [9.17, 15) is 40.5 Å². The zero-order valence-corrected chi connectivity index (χ0v) is 23.6. The van der Waals surface area contributed by atoms with Crippen LogP contribution in [-0.2, 0) is 42.7 Å². The first kappa shape index (κ1) is 36.1. The van der Waals surface area contributed by atoms with E-state index in [0.717, 1.165) is 7.11 Å². The van der Waals surface area contributed by atoms with Gasteiger partial charge in [-0.3, -0.25) is 4.79 Å². The Hall–Kier alpha value is -1.13. The number of hydrogen-bond donors (Lipinski definition) is 8. The summed E-state index contributed by atoms with van der Waals surface area (Å²) in [7, 11) is 4.91. The molecule has 0 aromatic rings. The standard InChI is InChI=1S/C24H44O17/c1-10-18(34-2)23(40-20-14(7-26)39-22(36-4)17(31)16(20)30)41-24(10,37-5)11(21(32)33)8-38-9-13(28)15(29)19(35-3)12(27)6-25/h10-20,22-23,25-31H,6-9H2,1-5H3,(H,32,33)/t10?,11?,12-,13?,14?,15?,16?,17-,18?,19?,20+,22-,23+,24+/m0/s1. The van der Waals surface area contributed by atoms with Crippen LogP contribution in [0.2, 0.25) is 0 Å². The molecule has 17 heteroatoms. The van der Waals surface area contributed by atoms with Gasteiger partial charge in [0.2, 0.25) is 0 Å². The Morgan fingerprint density at radius 1 is 0.927 bits per heavy atom. The molecule has 0 aromatic carbocycles. The van der Waals surface area contributed by atoms with E-state index in [0.29, 0.717) is 0 Å². The Morgan fingerprint density at radius 2 is 1.59 bits per heavy atom. The third-order valence-electron chi connectivity index (χ3n) is 7.56. The molecule has 0 aliphatic carbocycles. The molecule has 0 bridgehead atoms. The van der Waals surface area contributed by atoms with E-state index in [1.54, 1.807) is 6.92 Å². The maximum Gasteiger partial charge on any atom is 0.314 e. The fourth-order valence-corrected chi connectivity index (χ4v) is 5.20. The van der Waals surface area contributed by atoms with Gasteiger partial charge in [-0.05, 0) is 0 Å². The predicted octanol–water partition coefficient (Wildman–Crippen LogP) is -4.39. The largest absolute Gasteiger partial charge is 0.481 e. The highest BCUT2D eigenvalue weighted by Crippen LogP contribution is 2.45. The van der Waals surface area contributed by atoms with Gasteiger partial charge in [0.15, 0.2) is 18.4 Å². The number of aliphatic hydroxyl groups is 7. The fraction of sp³-hybridized carbons (Fsp3) is 0.958. The molecule has 2 heterocycles. The van der Waals surface area contributed by atoms with Crippen LogP contribution in [0.15, 0.2) is 0 Å². The molecule has 0 aromatic heterocycles. The third-order valence-corrected chi connectivity index (χ3v) is 7.56. The minimum Gasteiger partial charge on any atom is -0.481 e. The van der Waals surface area contributed by atoms with Gasteiger partial charge < -0.3 is 78.7 Å². The molecule has 17 nitrogen and oxygen atoms in total. The van der Waals surface area contributed by atoms with Gasteiger partial charge in [0.05, 0.1) is 26.4 Å². The molecular formula is C24H44O17. The van der Waals surface area contributed by atoms with Crippen molar-refractivity contribution in [1.82, 2.24) is 0 Å². The predicted molar refractivity (Wildman–Crippen MR) is 132 cm³/mol. The lowest BCUT2D eigenvalue weighted by molar-refractivity contribution is -0.347. The molecule has 2 rings (SSSR count). The van der Waals surface area contributed by atoms with Crippen molar-refractivity contribution < 1.29 is 83.5 Å². The molecule has 0 saturated carbocycles. The number of aliphatic carboxylic acids is 1. The van der Waals surface area contributed by atoms with Crippen LogP contribution in [0, 0.1) is 11.8 Å². The lowest BCUT2D eigenvalue weighted by Crippen LogP contribution is -2.61. The second-order valence-electron chi connectivity index (χ2n) is 9.88. The molecular weight excluding hydrogens is 560 g/mol. The van der Waals surface area contributed by atoms with Crippen molar-refractivity contribution in [3.63, 3.8) is 0 Å². The topological polar surface area (TPSA) is 253 Å². The molecule has 2 aliphatic heterocycles. The first-order chi connectivity index (χ1) is 19.4. The molecule has 2 aliphatic rings. The Morgan fingerprint density at radius 3 is 2.07 bits per heavy atom. The zero-order valence-electron chi connectivity index (χ0n) is 23.6. The van der Waals surface area contributed by atoms with E-state index in [4.69, 9.17) is 43.0 Å². The van der Waals surface area contributed by atoms with E-state index in [1.165, 1.54) is 21.3 Å². The Labute approximate surface area is 237 Å². The molecule has 8 N–H and O–H groups in total. The highest BCUT2D eigenvalue weighted by atomic mass is 16.8. The first-order valence-electron chi connectivity index (χ1n) is 12.9. The molecule has 0 spiro atoms. The van der Waals surface area contributed by atoms with Gasteiger partial charge in [-0.1, -0.05) is 6.92 Å². The van der Waals surface area contributed by atoms with Gasteiger partial charge in [0.1, 0.15) is 60.9 Å². The number of ether oxygens (including phenoxy) is 8. The third kappa shape index (κ3) is 7.69. The molecule has 0 radical (unpaired) electrons. The molecule has 41 heavy (non-hydrogen) atoms. The summed E-state index contributed by atoms with van der Waals surface area (Å²) in [6.45, 7) is -0.976. The van der Waals surface area contributed by atoms with Crippen LogP contribution in [0.5, 0.6) is 0 Å². The Bertz CT molecular complexity index is 787. The highest BCUT2D eigenvalue weighted by molar-refractivity contribution is 5.71. The zero-order chi connectivity index (χ0) is 31.1. The summed E-state index contributed by atoms with van der Waals surface area (Å²) in [5.41, 5.74) is 0. The summed E-state index contributed by atoms with van der Waals surface area (Å²) < 4.78 is 43.7. The molecule has 0 amide bonds. The number of carboxylic acids is 1. The number of rotatable bonds is 17. The van der Waals surface area contributed by atoms with Crippen molar-refractivity contribution in [3.8, 4) is 0 Å². The van der Waals surface area contributed by atoms with Gasteiger partial charge in [-0.2, -0.15) is 0 Å². The molecule has 8 unspecified atom stereocenters. The molecule has 242 valence electrons. The second kappa shape index (κ2) is 16.1. The van der Waals surface area contributed by atoms with Crippen molar-refractivity contribution in [2.24, 2.45) is 11.8 Å². The van der Waals surface area contributed by atoms with Crippen LogP contribution in [0.4, 0.5) is 0 Å². The quantitative estimate of drug-likeness (QED) is 0.0780. The number of methoxy groups -OCH3 is 4. The fourth-order valence-electron chi connectivity index (χ4n) is 5.20. The summed E-state index contributed by atoms with van der Waals surface area (Å²) in [4.78, 5) is 12.4. The summed E-state index contributed by atoms with van der Waals surface area (Å²) in [5, 5.41) is 80.3. The number of hydrogen-bond acceptors (Lipinski definition) is 16. The smallest absolute Gasteiger partial charge is 0.314 e. The number of carbonyl (C=O) groups is 1. The molecule has 2 saturated heterocycles. The minimum absolute atomic E-state index is 0.590. The van der Waals surface area contributed by atoms with Crippen LogP contribution < -0.4 is 0 Å². The number of aliphatic hydroxyl groups excluding tert-OH is 7. The maximum absolute atomic E-state index is 12.4. The lowest BCUT2D eigenvalue weighted by atomic mass is 9.86. The Balaban J connectivity index is 2.21. The van der Waals surface area contributed by atoms with Gasteiger partial charge >= 0.3 is 5.97 Å². The lowest BCUT2D eigenvalue weighted by Gasteiger charge is -2.42. The monoisotopic (exact) mass is 604 g/mol. The van der Waals surface area contributed by atoms with Gasteiger partial charge in [0, 0.05) is 34.4 Å². The van der Waals surface area contributed by atoms with Crippen molar-refractivity contribution in [2.45, 2.75) is 80.2 Å². The average Bonchev–Trinajstić information content (AvgIpc) is 3.23. The van der Waals surface area contributed by atoms with Gasteiger partial charge in [-0.25, -0.2) is 0 Å². The van der Waals surface area contributed by atoms with E-state index < -0.39 is 118 Å². The summed E-state index contributed by atoms with van der Waals surface area (Å²) in [5.74, 6) is -5.75. The number of carboxylic acid groups (broad SMARTS) is 1. The molecule has 14 atom stereocenters. The van der Waals surface area contributed by atoms with Crippen LogP contribution in [0.25, 0.3) is 0 Å². The van der Waals surface area contributed by atoms with Gasteiger partial charge in [0.25, 0.3) is 0 Å². The van der Waals surface area contributed by atoms with Crippen LogP contribution >= 0.6 is 0 Å². The van der Waals surface area contributed by atoms with E-state index in [2.05, 4.69) is 0 Å². The average molecular weight is 605 g/mol. The van der Waals surface area contributed by atoms with Crippen molar-refractivity contribution >= 4 is 5.97 Å². The highest BCUT2D eigenvalue weighted by Gasteiger charge is 2.62. The maximum atomic E-state index is 12.4. The van der Waals surface area contributed by atoms with Crippen LogP contribution in [0.3, 0.4) is 0 Å². The summed E-state index contributed by atoms with van der Waals surface area (Å²) in [6.07, 6.45) is -15.4. The van der Waals surface area contributed by atoms with Crippen LogP contribution in [0.1, 0.15) is 6.92 Å². The second-order valence-corrected chi connectivity index (χ2v) is 9.88. The van der Waals surface area contributed by atoms with E-state index >= 15 is 0 Å². The van der Waals surface area contributed by atoms with E-state index in [1.807, 2.05) is 0 Å². The summed E-state index contributed by atoms with van der Waals surface area (Å²) >= 11 is 0. The first-order valence-corrected chi connectivity index (χ1v) is 12.9. The van der Waals surface area contributed by atoms with Gasteiger partial charge in [-0.15, -0.1) is 0 Å². The van der Waals surface area contributed by atoms with Crippen LogP contribution in [-0.4, -0.2) is 175 Å². The van der Waals surface area contributed by atoms with Crippen molar-refractivity contribution in [2.75, 3.05) is 54.9 Å². The molecule has 2 fully saturated rings. The van der Waals surface area contributed by atoms with Crippen molar-refractivity contribution in [3.05, 3.63) is 0 Å². The Kier molecular flexibility index (Phi) is 14.1. The minimum atomic E-state index is -1.94. The SMILES string of the molecule is COC1C(C)[C@](OC)(C(COCC(O)C(O)C(OC)[C@@H](O)CO)C(=O)O)O[C@H]1O[C@@H]1C(CO)O[C@H](OC)[C@@H](O)C1O. The normalized spacial score (nSPS) is 37.9. The van der Waals surface area contributed by atoms with Crippen molar-refractivity contribution in [1.29, 1.82) is 0 Å². The summed E-state index contributed by atoms with van der Waals surface area (Å²) in [6, 6.07) is 0.